The highest BCUT2D eigenvalue weighted by atomic mass is 35.5. The molecule has 1 heterocycles. The Morgan fingerprint density at radius 3 is 2.67 bits per heavy atom. The summed E-state index contributed by atoms with van der Waals surface area (Å²) in [6.07, 6.45) is 2.18. The van der Waals surface area contributed by atoms with Crippen LogP contribution in [0, 0.1) is 0 Å². The molecule has 24 heavy (non-hydrogen) atoms. The summed E-state index contributed by atoms with van der Waals surface area (Å²) in [5.74, 6) is -0.257. The molecule has 0 bridgehead atoms. The minimum Gasteiger partial charge on any atom is -0.334 e. The van der Waals surface area contributed by atoms with Crippen LogP contribution in [-0.4, -0.2) is 49.1 Å². The summed E-state index contributed by atoms with van der Waals surface area (Å²) in [7, 11) is 1.94. The fourth-order valence-corrected chi connectivity index (χ4v) is 2.80. The molecule has 2 rings (SSSR count). The van der Waals surface area contributed by atoms with Gasteiger partial charge in [-0.25, -0.2) is 4.79 Å². The van der Waals surface area contributed by atoms with Crippen molar-refractivity contribution in [1.29, 1.82) is 0 Å². The summed E-state index contributed by atoms with van der Waals surface area (Å²) >= 11 is 0. The zero-order valence-corrected chi connectivity index (χ0v) is 15.1. The van der Waals surface area contributed by atoms with Gasteiger partial charge in [0.2, 0.25) is 5.91 Å². The van der Waals surface area contributed by atoms with Crippen LogP contribution in [0.4, 0.5) is 4.79 Å². The van der Waals surface area contributed by atoms with Crippen LogP contribution >= 0.6 is 12.4 Å². The lowest BCUT2D eigenvalue weighted by atomic mass is 10.0. The number of amides is 3. The van der Waals surface area contributed by atoms with Crippen LogP contribution in [0.3, 0.4) is 0 Å². The highest BCUT2D eigenvalue weighted by molar-refractivity contribution is 5.96. The van der Waals surface area contributed by atoms with Crippen molar-refractivity contribution >= 4 is 24.3 Å². The summed E-state index contributed by atoms with van der Waals surface area (Å²) in [4.78, 5) is 26.2. The normalized spacial score (nSPS) is 19.0. The smallest absolute Gasteiger partial charge is 0.321 e. The predicted molar refractivity (Wildman–Crippen MR) is 97.2 cm³/mol. The molecule has 1 aromatic carbocycles. The van der Waals surface area contributed by atoms with Gasteiger partial charge >= 0.3 is 6.03 Å². The summed E-state index contributed by atoms with van der Waals surface area (Å²) in [5.41, 5.74) is 0.996. The first-order valence-electron chi connectivity index (χ1n) is 8.14. The second-order valence-electron chi connectivity index (χ2n) is 5.96. The first kappa shape index (κ1) is 20.4. The molecule has 6 nitrogen and oxygen atoms in total. The molecule has 1 aliphatic rings. The van der Waals surface area contributed by atoms with E-state index in [2.05, 4.69) is 20.9 Å². The van der Waals surface area contributed by atoms with Crippen molar-refractivity contribution in [3.05, 3.63) is 35.9 Å². The molecule has 1 fully saturated rings. The molecule has 0 radical (unpaired) electrons. The number of likely N-dealkylation sites (tertiary alicyclic amines) is 1. The monoisotopic (exact) mass is 354 g/mol. The molecule has 0 spiro atoms. The average molecular weight is 355 g/mol. The van der Waals surface area contributed by atoms with E-state index in [1.165, 1.54) is 0 Å². The maximum atomic E-state index is 12.2. The van der Waals surface area contributed by atoms with Gasteiger partial charge in [0.25, 0.3) is 0 Å². The maximum Gasteiger partial charge on any atom is 0.321 e. The summed E-state index contributed by atoms with van der Waals surface area (Å²) in [6, 6.07) is 9.25. The molecule has 1 aliphatic heterocycles. The van der Waals surface area contributed by atoms with E-state index in [-0.39, 0.29) is 24.4 Å². The fourth-order valence-electron chi connectivity index (χ4n) is 2.80. The molecule has 1 saturated heterocycles. The van der Waals surface area contributed by atoms with Gasteiger partial charge in [0.15, 0.2) is 0 Å². The number of carbonyl (C=O) groups excluding carboxylic acids is 2. The van der Waals surface area contributed by atoms with Gasteiger partial charge in [0, 0.05) is 19.1 Å². The maximum absolute atomic E-state index is 12.2. The van der Waals surface area contributed by atoms with Crippen LogP contribution in [-0.2, 0) is 11.3 Å². The van der Waals surface area contributed by atoms with Crippen molar-refractivity contribution in [3.8, 4) is 0 Å². The molecule has 134 valence electrons. The molecular weight excluding hydrogens is 328 g/mol. The molecule has 0 saturated carbocycles. The van der Waals surface area contributed by atoms with E-state index >= 15 is 0 Å². The number of nitrogens with one attached hydrogen (secondary N) is 3. The van der Waals surface area contributed by atoms with Gasteiger partial charge < -0.3 is 10.6 Å². The number of benzene rings is 1. The number of urea groups is 1. The molecule has 2 atom stereocenters. The summed E-state index contributed by atoms with van der Waals surface area (Å²) in [6.45, 7) is 3.97. The first-order valence-corrected chi connectivity index (χ1v) is 8.14. The van der Waals surface area contributed by atoms with Crippen LogP contribution in [0.15, 0.2) is 30.3 Å². The van der Waals surface area contributed by atoms with Gasteiger partial charge in [-0.3, -0.25) is 15.0 Å². The van der Waals surface area contributed by atoms with E-state index in [0.717, 1.165) is 31.5 Å². The van der Waals surface area contributed by atoms with Gasteiger partial charge in [0.05, 0.1) is 6.04 Å². The standard InChI is InChI=1S/C17H26N4O2.ClH/c1-13(21-10-6-9-15(12-21)18-2)16(22)20-17(23)19-11-14-7-4-3-5-8-14;/h3-5,7-8,13,15,18H,6,9-12H2,1-2H3,(H2,19,20,22,23);1H. The Kier molecular flexibility index (Phi) is 8.74. The van der Waals surface area contributed by atoms with Crippen molar-refractivity contribution in [2.24, 2.45) is 0 Å². The van der Waals surface area contributed by atoms with Crippen LogP contribution in [0.2, 0.25) is 0 Å². The van der Waals surface area contributed by atoms with Gasteiger partial charge in [-0.1, -0.05) is 30.3 Å². The van der Waals surface area contributed by atoms with E-state index in [1.54, 1.807) is 0 Å². The number of likely N-dealkylation sites (N-methyl/N-ethyl adjacent to an activating group) is 1. The molecule has 7 heteroatoms. The number of rotatable bonds is 5. The number of carbonyl (C=O) groups is 2. The van der Waals surface area contributed by atoms with Crippen molar-refractivity contribution in [3.63, 3.8) is 0 Å². The Balaban J connectivity index is 0.00000288. The Bertz CT molecular complexity index is 527. The molecule has 3 N–H and O–H groups in total. The average Bonchev–Trinajstić information content (AvgIpc) is 2.60. The third-order valence-corrected chi connectivity index (χ3v) is 4.32. The largest absolute Gasteiger partial charge is 0.334 e. The van der Waals surface area contributed by atoms with E-state index < -0.39 is 6.03 Å². The Morgan fingerprint density at radius 2 is 2.00 bits per heavy atom. The Hall–Kier alpha value is -1.63. The van der Waals surface area contributed by atoms with E-state index in [1.807, 2.05) is 44.3 Å². The number of halogens is 1. The van der Waals surface area contributed by atoms with Crippen molar-refractivity contribution in [2.75, 3.05) is 20.1 Å². The van der Waals surface area contributed by atoms with Crippen LogP contribution in [0.25, 0.3) is 0 Å². The van der Waals surface area contributed by atoms with E-state index in [0.29, 0.717) is 12.6 Å². The highest BCUT2D eigenvalue weighted by Gasteiger charge is 2.27. The minimum atomic E-state index is -0.451. The molecule has 0 aliphatic carbocycles. The number of hydrogen-bond donors (Lipinski definition) is 3. The quantitative estimate of drug-likeness (QED) is 0.749. The van der Waals surface area contributed by atoms with Gasteiger partial charge in [-0.2, -0.15) is 0 Å². The molecule has 2 unspecified atom stereocenters. The Morgan fingerprint density at radius 1 is 1.29 bits per heavy atom. The van der Waals surface area contributed by atoms with Gasteiger partial charge in [0.1, 0.15) is 0 Å². The number of hydrogen-bond acceptors (Lipinski definition) is 4. The molecule has 1 aromatic rings. The summed E-state index contributed by atoms with van der Waals surface area (Å²) in [5, 5.41) is 8.39. The fraction of sp³-hybridized carbons (Fsp3) is 0.529. The number of imide groups is 1. The molecule has 0 aromatic heterocycles. The number of piperidine rings is 1. The minimum absolute atomic E-state index is 0. The SMILES string of the molecule is CNC1CCCN(C(C)C(=O)NC(=O)NCc2ccccc2)C1.Cl. The van der Waals surface area contributed by atoms with Crippen molar-refractivity contribution in [2.45, 2.75) is 38.4 Å². The summed E-state index contributed by atoms with van der Waals surface area (Å²) < 4.78 is 0. The van der Waals surface area contributed by atoms with Gasteiger partial charge in [-0.15, -0.1) is 12.4 Å². The second-order valence-corrected chi connectivity index (χ2v) is 5.96. The Labute approximate surface area is 149 Å². The zero-order chi connectivity index (χ0) is 16.7. The highest BCUT2D eigenvalue weighted by Crippen LogP contribution is 2.12. The lowest BCUT2D eigenvalue weighted by Crippen LogP contribution is -2.54. The van der Waals surface area contributed by atoms with Crippen LogP contribution in [0.5, 0.6) is 0 Å². The topological polar surface area (TPSA) is 73.5 Å². The van der Waals surface area contributed by atoms with Gasteiger partial charge in [-0.05, 0) is 38.9 Å². The van der Waals surface area contributed by atoms with Crippen molar-refractivity contribution in [1.82, 2.24) is 20.9 Å². The third-order valence-electron chi connectivity index (χ3n) is 4.32. The zero-order valence-electron chi connectivity index (χ0n) is 14.2. The van der Waals surface area contributed by atoms with E-state index in [4.69, 9.17) is 0 Å². The molecular formula is C17H27ClN4O2. The van der Waals surface area contributed by atoms with E-state index in [9.17, 15) is 9.59 Å². The lowest BCUT2D eigenvalue weighted by molar-refractivity contribution is -0.125. The van der Waals surface area contributed by atoms with Crippen molar-refractivity contribution < 1.29 is 9.59 Å². The molecule has 3 amide bonds. The van der Waals surface area contributed by atoms with Crippen LogP contribution in [0.1, 0.15) is 25.3 Å². The lowest BCUT2D eigenvalue weighted by Gasteiger charge is -2.35. The first-order chi connectivity index (χ1) is 11.1. The third kappa shape index (κ3) is 6.11. The predicted octanol–water partition coefficient (Wildman–Crippen LogP) is 1.51. The number of nitrogens with zero attached hydrogens (tertiary/aromatic N) is 1. The second kappa shape index (κ2) is 10.3. The van der Waals surface area contributed by atoms with Crippen LogP contribution < -0.4 is 16.0 Å².